The molecular weight excluding hydrogens is 201 g/mol. The molecule has 3 saturated heterocycles. The molecular formula is C7H9F3N2O2. The molecule has 80 valence electrons. The van der Waals surface area contributed by atoms with Crippen LogP contribution in [0.5, 0.6) is 0 Å². The van der Waals surface area contributed by atoms with Crippen LogP contribution >= 0.6 is 0 Å². The number of hydrogen-bond acceptors (Lipinski definition) is 3. The van der Waals surface area contributed by atoms with Crippen LogP contribution in [0.25, 0.3) is 0 Å². The first-order valence-electron chi connectivity index (χ1n) is 4.26. The van der Waals surface area contributed by atoms with Crippen molar-refractivity contribution >= 4 is 6.09 Å². The fourth-order valence-corrected chi connectivity index (χ4v) is 1.93. The lowest BCUT2D eigenvalue weighted by molar-refractivity contribution is -0.298. The van der Waals surface area contributed by atoms with Crippen LogP contribution in [-0.2, 0) is 4.74 Å². The lowest BCUT2D eigenvalue weighted by atomic mass is 9.90. The number of amides is 1. The molecule has 2 bridgehead atoms. The van der Waals surface area contributed by atoms with E-state index in [1.54, 1.807) is 0 Å². The normalized spacial score (nSPS) is 30.9. The van der Waals surface area contributed by atoms with Crippen molar-refractivity contribution in [3.63, 3.8) is 0 Å². The molecule has 0 aromatic heterocycles. The van der Waals surface area contributed by atoms with Crippen molar-refractivity contribution in [3.8, 4) is 0 Å². The lowest BCUT2D eigenvalue weighted by Gasteiger charge is -2.51. The topological polar surface area (TPSA) is 41.6 Å². The molecule has 2 atom stereocenters. The summed E-state index contributed by atoms with van der Waals surface area (Å²) < 4.78 is 38.5. The Hall–Kier alpha value is -0.980. The van der Waals surface area contributed by atoms with Gasteiger partial charge in [0.05, 0.1) is 0 Å². The third kappa shape index (κ3) is 1.63. The Labute approximate surface area is 78.0 Å². The number of rotatable bonds is 0. The molecule has 0 aromatic rings. The predicted octanol–water partition coefficient (Wildman–Crippen LogP) is 0.689. The number of carbonyl (C=O) groups is 1. The molecule has 0 spiro atoms. The summed E-state index contributed by atoms with van der Waals surface area (Å²) in [7, 11) is 0. The second-order valence-electron chi connectivity index (χ2n) is 3.42. The third-order valence-corrected chi connectivity index (χ3v) is 2.50. The van der Waals surface area contributed by atoms with Gasteiger partial charge in [0.1, 0.15) is 0 Å². The van der Waals surface area contributed by atoms with Crippen molar-refractivity contribution in [1.29, 1.82) is 0 Å². The van der Waals surface area contributed by atoms with E-state index in [0.717, 1.165) is 11.3 Å². The Morgan fingerprint density at radius 2 is 1.93 bits per heavy atom. The fraction of sp³-hybridized carbons (Fsp3) is 0.857. The van der Waals surface area contributed by atoms with Crippen LogP contribution in [0.15, 0.2) is 0 Å². The highest BCUT2D eigenvalue weighted by atomic mass is 19.4. The van der Waals surface area contributed by atoms with E-state index < -0.39 is 12.5 Å². The van der Waals surface area contributed by atoms with E-state index in [1.807, 2.05) is 0 Å². The quantitative estimate of drug-likeness (QED) is 0.639. The van der Waals surface area contributed by atoms with Gasteiger partial charge in [-0.15, -0.1) is 13.2 Å². The molecule has 0 aliphatic carbocycles. The van der Waals surface area contributed by atoms with Crippen molar-refractivity contribution < 1.29 is 22.7 Å². The molecule has 4 nitrogen and oxygen atoms in total. The second kappa shape index (κ2) is 3.01. The highest BCUT2D eigenvalue weighted by molar-refractivity contribution is 5.70. The Morgan fingerprint density at radius 1 is 1.36 bits per heavy atom. The van der Waals surface area contributed by atoms with Gasteiger partial charge >= 0.3 is 12.5 Å². The summed E-state index contributed by atoms with van der Waals surface area (Å²) in [5.74, 6) is 0. The molecule has 0 saturated carbocycles. The number of halogens is 3. The van der Waals surface area contributed by atoms with E-state index in [1.165, 1.54) is 0 Å². The SMILES string of the molecule is O=C(OC(F)(F)F)N1C2CNCC1C2. The molecule has 3 aliphatic rings. The standard InChI is InChI=1S/C7H9F3N2O2/c8-7(9,10)14-6(13)12-4-1-5(12)3-11-2-4/h4-5,11H,1-3H2. The van der Waals surface area contributed by atoms with Crippen molar-refractivity contribution in [1.82, 2.24) is 10.2 Å². The van der Waals surface area contributed by atoms with E-state index in [9.17, 15) is 18.0 Å². The summed E-state index contributed by atoms with van der Waals surface area (Å²) >= 11 is 0. The number of ether oxygens (including phenoxy) is 1. The number of piperazine rings is 1. The number of fused-ring (bicyclic) bond motifs is 2. The van der Waals surface area contributed by atoms with Gasteiger partial charge in [-0.05, 0) is 6.42 Å². The second-order valence-corrected chi connectivity index (χ2v) is 3.42. The van der Waals surface area contributed by atoms with Gasteiger partial charge in [0, 0.05) is 25.2 Å². The highest BCUT2D eigenvalue weighted by Gasteiger charge is 2.48. The Kier molecular flexibility index (Phi) is 2.06. The van der Waals surface area contributed by atoms with Crippen LogP contribution in [-0.4, -0.2) is 42.5 Å². The lowest BCUT2D eigenvalue weighted by Crippen LogP contribution is -2.69. The molecule has 3 rings (SSSR count). The van der Waals surface area contributed by atoms with Crippen LogP contribution in [0.4, 0.5) is 18.0 Å². The van der Waals surface area contributed by atoms with Crippen molar-refractivity contribution in [2.24, 2.45) is 0 Å². The zero-order chi connectivity index (χ0) is 10.3. The Balaban J connectivity index is 1.93. The first-order chi connectivity index (χ1) is 6.47. The summed E-state index contributed by atoms with van der Waals surface area (Å²) in [4.78, 5) is 12.2. The maximum Gasteiger partial charge on any atom is 0.576 e. The average molecular weight is 210 g/mol. The Morgan fingerprint density at radius 3 is 2.36 bits per heavy atom. The number of carbonyl (C=O) groups excluding carboxylic acids is 1. The zero-order valence-corrected chi connectivity index (χ0v) is 7.17. The summed E-state index contributed by atoms with van der Waals surface area (Å²) in [6.07, 6.45) is -5.39. The van der Waals surface area contributed by atoms with Gasteiger partial charge in [0.15, 0.2) is 0 Å². The summed E-state index contributed by atoms with van der Waals surface area (Å²) in [6, 6.07) is -0.271. The molecule has 2 unspecified atom stereocenters. The molecule has 14 heavy (non-hydrogen) atoms. The number of piperidine rings is 1. The van der Waals surface area contributed by atoms with E-state index in [2.05, 4.69) is 10.1 Å². The molecule has 1 amide bonds. The largest absolute Gasteiger partial charge is 0.576 e. The van der Waals surface area contributed by atoms with Crippen LogP contribution < -0.4 is 5.32 Å². The molecule has 1 N–H and O–H groups in total. The Bertz CT molecular complexity index is 242. The molecule has 3 aliphatic heterocycles. The van der Waals surface area contributed by atoms with Crippen LogP contribution in [0, 0.1) is 0 Å². The van der Waals surface area contributed by atoms with Crippen LogP contribution in [0.1, 0.15) is 6.42 Å². The molecule has 3 fully saturated rings. The maximum atomic E-state index is 11.7. The van der Waals surface area contributed by atoms with Crippen molar-refractivity contribution in [2.45, 2.75) is 24.9 Å². The summed E-state index contributed by atoms with van der Waals surface area (Å²) in [5, 5.41) is 3.00. The van der Waals surface area contributed by atoms with Crippen molar-refractivity contribution in [3.05, 3.63) is 0 Å². The molecule has 3 heterocycles. The summed E-state index contributed by atoms with van der Waals surface area (Å²) in [5.41, 5.74) is 0. The van der Waals surface area contributed by atoms with Gasteiger partial charge < -0.3 is 10.1 Å². The van der Waals surface area contributed by atoms with Crippen LogP contribution in [0.2, 0.25) is 0 Å². The summed E-state index contributed by atoms with van der Waals surface area (Å²) in [6.45, 7) is 1.09. The first kappa shape index (κ1) is 9.57. The van der Waals surface area contributed by atoms with Gasteiger partial charge in [-0.1, -0.05) is 0 Å². The first-order valence-corrected chi connectivity index (χ1v) is 4.26. The van der Waals surface area contributed by atoms with E-state index >= 15 is 0 Å². The van der Waals surface area contributed by atoms with E-state index in [0.29, 0.717) is 13.1 Å². The number of hydrogen-bond donors (Lipinski definition) is 1. The van der Waals surface area contributed by atoms with Gasteiger partial charge in [0.25, 0.3) is 0 Å². The minimum absolute atomic E-state index is 0.136. The monoisotopic (exact) mass is 210 g/mol. The van der Waals surface area contributed by atoms with Gasteiger partial charge in [-0.25, -0.2) is 4.79 Å². The third-order valence-electron chi connectivity index (χ3n) is 2.50. The number of nitrogens with zero attached hydrogens (tertiary/aromatic N) is 1. The zero-order valence-electron chi connectivity index (χ0n) is 7.17. The highest BCUT2D eigenvalue weighted by Crippen LogP contribution is 2.30. The van der Waals surface area contributed by atoms with Crippen LogP contribution in [0.3, 0.4) is 0 Å². The average Bonchev–Trinajstić information content (AvgIpc) is 2.01. The minimum Gasteiger partial charge on any atom is -0.356 e. The van der Waals surface area contributed by atoms with Gasteiger partial charge in [-0.2, -0.15) is 0 Å². The maximum absolute atomic E-state index is 11.7. The minimum atomic E-state index is -4.88. The van der Waals surface area contributed by atoms with E-state index in [4.69, 9.17) is 0 Å². The predicted molar refractivity (Wildman–Crippen MR) is 39.4 cm³/mol. The molecule has 7 heteroatoms. The molecule has 0 aromatic carbocycles. The fourth-order valence-electron chi connectivity index (χ4n) is 1.93. The van der Waals surface area contributed by atoms with Crippen molar-refractivity contribution in [2.75, 3.05) is 13.1 Å². The van der Waals surface area contributed by atoms with Gasteiger partial charge in [0.2, 0.25) is 0 Å². The van der Waals surface area contributed by atoms with Gasteiger partial charge in [-0.3, -0.25) is 4.90 Å². The van der Waals surface area contributed by atoms with E-state index in [-0.39, 0.29) is 12.1 Å². The molecule has 0 radical (unpaired) electrons. The smallest absolute Gasteiger partial charge is 0.356 e. The number of alkyl halides is 3. The number of nitrogens with one attached hydrogen (secondary N) is 1.